The second-order valence-electron chi connectivity index (χ2n) is 14.2. The fourth-order valence-electron chi connectivity index (χ4n) is 5.09. The summed E-state index contributed by atoms with van der Waals surface area (Å²) in [5, 5.41) is 11.6. The predicted octanol–water partition coefficient (Wildman–Crippen LogP) is 7.99. The van der Waals surface area contributed by atoms with E-state index >= 15 is 0 Å². The van der Waals surface area contributed by atoms with Crippen molar-refractivity contribution in [1.29, 1.82) is 0 Å². The van der Waals surface area contributed by atoms with Gasteiger partial charge < -0.3 is 33.3 Å². The van der Waals surface area contributed by atoms with Gasteiger partial charge in [-0.15, -0.1) is 0 Å². The summed E-state index contributed by atoms with van der Waals surface area (Å²) >= 11 is 0. The topological polar surface area (TPSA) is 111 Å². The van der Waals surface area contributed by atoms with Crippen LogP contribution in [-0.4, -0.2) is 82.3 Å². The fourth-order valence-corrected chi connectivity index (χ4v) is 5.09. The van der Waals surface area contributed by atoms with Gasteiger partial charge in [0.25, 0.3) is 0 Å². The van der Waals surface area contributed by atoms with Crippen LogP contribution >= 0.6 is 0 Å². The average Bonchev–Trinajstić information content (AvgIpc) is 3.05. The Kier molecular flexibility index (Phi) is 31.4. The van der Waals surface area contributed by atoms with Crippen molar-refractivity contribution in [2.75, 3.05) is 47.5 Å². The Morgan fingerprint density at radius 1 is 0.612 bits per heavy atom. The van der Waals surface area contributed by atoms with Crippen LogP contribution in [0.5, 0.6) is 0 Å². The van der Waals surface area contributed by atoms with Crippen LogP contribution in [0.1, 0.15) is 155 Å². The number of quaternary nitrogens is 1. The number of unbranched alkanes of at least 4 members (excludes halogenated alkanes) is 16. The highest BCUT2D eigenvalue weighted by Gasteiger charge is 2.21. The molecule has 9 heteroatoms. The molecule has 0 saturated heterocycles. The van der Waals surface area contributed by atoms with E-state index in [2.05, 4.69) is 38.2 Å². The molecule has 49 heavy (non-hydrogen) atoms. The van der Waals surface area contributed by atoms with E-state index in [9.17, 15) is 19.5 Å². The maximum absolute atomic E-state index is 12.7. The number of ether oxygens (including phenoxy) is 4. The summed E-state index contributed by atoms with van der Waals surface area (Å²) < 4.78 is 22.4. The van der Waals surface area contributed by atoms with Crippen molar-refractivity contribution in [3.8, 4) is 0 Å². The van der Waals surface area contributed by atoms with Crippen LogP contribution in [0.2, 0.25) is 0 Å². The van der Waals surface area contributed by atoms with Gasteiger partial charge in [-0.25, -0.2) is 0 Å². The fraction of sp³-hybridized carbons (Fsp3) is 0.825. The van der Waals surface area contributed by atoms with Crippen LogP contribution in [-0.2, 0) is 33.3 Å². The quantitative estimate of drug-likeness (QED) is 0.0216. The summed E-state index contributed by atoms with van der Waals surface area (Å²) in [6.45, 7) is 4.65. The maximum Gasteiger partial charge on any atom is 0.306 e. The highest BCUT2D eigenvalue weighted by molar-refractivity contribution is 5.70. The second-order valence-corrected chi connectivity index (χ2v) is 14.2. The zero-order valence-corrected chi connectivity index (χ0v) is 32.1. The summed E-state index contributed by atoms with van der Waals surface area (Å²) in [7, 11) is 5.89. The second kappa shape index (κ2) is 32.9. The molecular formula is C40H73NO8. The Labute approximate surface area is 299 Å². The van der Waals surface area contributed by atoms with Gasteiger partial charge in [0.2, 0.25) is 0 Å². The summed E-state index contributed by atoms with van der Waals surface area (Å²) in [6.07, 6.45) is 29.3. The molecule has 0 rings (SSSR count). The molecule has 9 nitrogen and oxygen atoms in total. The Balaban J connectivity index is 4.52. The van der Waals surface area contributed by atoms with E-state index in [1.807, 2.05) is 21.1 Å². The standard InChI is InChI=1S/C40H73NO8/c1-6-8-10-12-14-16-17-18-19-20-21-22-23-25-27-29-31-38(43)49-36(35-48-40(39(44)45)46-33-32-41(3,4)5)34-47-37(42)30-28-26-24-15-13-11-9-7-2/h16-17,19-20,36,40H,6-15,18,21-35H2,1-5H3/b17-16-,20-19-. The van der Waals surface area contributed by atoms with Crippen molar-refractivity contribution in [2.24, 2.45) is 0 Å². The van der Waals surface area contributed by atoms with Gasteiger partial charge in [-0.3, -0.25) is 9.59 Å². The molecule has 0 amide bonds. The van der Waals surface area contributed by atoms with E-state index in [4.69, 9.17) is 18.9 Å². The van der Waals surface area contributed by atoms with Crippen LogP contribution in [0.4, 0.5) is 0 Å². The minimum Gasteiger partial charge on any atom is -0.545 e. The lowest BCUT2D eigenvalue weighted by atomic mass is 10.1. The van der Waals surface area contributed by atoms with Gasteiger partial charge in [0.15, 0.2) is 12.4 Å². The minimum atomic E-state index is -1.62. The van der Waals surface area contributed by atoms with E-state index in [-0.39, 0.29) is 32.2 Å². The van der Waals surface area contributed by atoms with Gasteiger partial charge in [0, 0.05) is 12.8 Å². The molecule has 0 aliphatic rings. The molecule has 0 fully saturated rings. The van der Waals surface area contributed by atoms with Crippen LogP contribution in [0.15, 0.2) is 24.3 Å². The molecule has 0 aromatic carbocycles. The number of nitrogens with zero attached hydrogens (tertiary/aromatic N) is 1. The first kappa shape index (κ1) is 46.8. The number of carboxylic acid groups (broad SMARTS) is 1. The molecular weight excluding hydrogens is 622 g/mol. The third kappa shape index (κ3) is 34.0. The Hall–Kier alpha value is -2.23. The van der Waals surface area contributed by atoms with Crippen molar-refractivity contribution >= 4 is 17.9 Å². The summed E-state index contributed by atoms with van der Waals surface area (Å²) in [5.74, 6) is -2.31. The number of likely N-dealkylation sites (N-methyl/N-ethyl adjacent to an activating group) is 1. The molecule has 0 saturated carbocycles. The SMILES string of the molecule is CCCCCC/C=C\C/C=C\CCCCCCCC(=O)OC(COC(=O)CCCCCCCCCC)COC(OCC[N+](C)(C)C)C(=O)[O-]. The largest absolute Gasteiger partial charge is 0.545 e. The van der Waals surface area contributed by atoms with Crippen LogP contribution in [0.3, 0.4) is 0 Å². The molecule has 0 aliphatic carbocycles. The molecule has 286 valence electrons. The third-order valence-electron chi connectivity index (χ3n) is 8.20. The Morgan fingerprint density at radius 3 is 1.63 bits per heavy atom. The molecule has 0 spiro atoms. The first-order valence-corrected chi connectivity index (χ1v) is 19.5. The Morgan fingerprint density at radius 2 is 1.10 bits per heavy atom. The van der Waals surface area contributed by atoms with Crippen LogP contribution < -0.4 is 5.11 Å². The number of hydrogen-bond acceptors (Lipinski definition) is 8. The first-order valence-electron chi connectivity index (χ1n) is 19.5. The molecule has 0 aromatic rings. The van der Waals surface area contributed by atoms with Crippen molar-refractivity contribution in [3.05, 3.63) is 24.3 Å². The monoisotopic (exact) mass is 696 g/mol. The van der Waals surface area contributed by atoms with Gasteiger partial charge in [-0.1, -0.05) is 122 Å². The highest BCUT2D eigenvalue weighted by atomic mass is 16.7. The minimum absolute atomic E-state index is 0.146. The van der Waals surface area contributed by atoms with Crippen molar-refractivity contribution in [2.45, 2.75) is 167 Å². The van der Waals surface area contributed by atoms with E-state index in [1.165, 1.54) is 64.2 Å². The highest BCUT2D eigenvalue weighted by Crippen LogP contribution is 2.12. The molecule has 2 atom stereocenters. The van der Waals surface area contributed by atoms with E-state index in [0.29, 0.717) is 23.9 Å². The molecule has 0 bridgehead atoms. The van der Waals surface area contributed by atoms with E-state index in [0.717, 1.165) is 57.8 Å². The predicted molar refractivity (Wildman–Crippen MR) is 196 cm³/mol. The Bertz CT molecular complexity index is 867. The first-order chi connectivity index (χ1) is 23.6. The molecule has 2 unspecified atom stereocenters. The average molecular weight is 696 g/mol. The lowest BCUT2D eigenvalue weighted by molar-refractivity contribution is -0.870. The number of carbonyl (C=O) groups is 3. The smallest absolute Gasteiger partial charge is 0.306 e. The molecule has 0 radical (unpaired) electrons. The van der Waals surface area contributed by atoms with Crippen molar-refractivity contribution in [3.63, 3.8) is 0 Å². The number of esters is 2. The molecule has 0 aliphatic heterocycles. The lowest BCUT2D eigenvalue weighted by Crippen LogP contribution is -2.44. The maximum atomic E-state index is 12.7. The molecule has 0 aromatic heterocycles. The summed E-state index contributed by atoms with van der Waals surface area (Å²) in [6, 6.07) is 0. The van der Waals surface area contributed by atoms with Gasteiger partial charge in [0.1, 0.15) is 13.2 Å². The van der Waals surface area contributed by atoms with Crippen molar-refractivity contribution < 1.29 is 42.9 Å². The van der Waals surface area contributed by atoms with Crippen molar-refractivity contribution in [1.82, 2.24) is 0 Å². The third-order valence-corrected chi connectivity index (χ3v) is 8.20. The van der Waals surface area contributed by atoms with E-state index < -0.39 is 24.3 Å². The normalized spacial score (nSPS) is 13.2. The number of rotatable bonds is 35. The van der Waals surface area contributed by atoms with Gasteiger partial charge >= 0.3 is 11.9 Å². The number of allylic oxidation sites excluding steroid dienone is 4. The molecule has 0 N–H and O–H groups in total. The van der Waals surface area contributed by atoms with Crippen LogP contribution in [0.25, 0.3) is 0 Å². The van der Waals surface area contributed by atoms with Gasteiger partial charge in [-0.05, 0) is 44.9 Å². The summed E-state index contributed by atoms with van der Waals surface area (Å²) in [5.41, 5.74) is 0. The van der Waals surface area contributed by atoms with Gasteiger partial charge in [-0.2, -0.15) is 0 Å². The summed E-state index contributed by atoms with van der Waals surface area (Å²) in [4.78, 5) is 36.6. The number of carboxylic acids is 1. The number of aliphatic carboxylic acids is 1. The number of hydrogen-bond donors (Lipinski definition) is 0. The van der Waals surface area contributed by atoms with Crippen LogP contribution in [0, 0.1) is 0 Å². The number of carbonyl (C=O) groups excluding carboxylic acids is 3. The molecule has 0 heterocycles. The lowest BCUT2D eigenvalue weighted by Gasteiger charge is -2.26. The zero-order valence-electron chi connectivity index (χ0n) is 32.1. The zero-order chi connectivity index (χ0) is 36.4. The van der Waals surface area contributed by atoms with E-state index in [1.54, 1.807) is 0 Å². The van der Waals surface area contributed by atoms with Gasteiger partial charge in [0.05, 0.1) is 40.3 Å².